The Hall–Kier alpha value is -2.90. The fraction of sp³-hybridized carbons (Fsp3) is 0.545. The zero-order valence-corrected chi connectivity index (χ0v) is 18.1. The molecule has 0 unspecified atom stereocenters. The number of nitrogens with zero attached hydrogens (tertiary/aromatic N) is 1. The summed E-state index contributed by atoms with van der Waals surface area (Å²) in [5.41, 5.74) is 1.26. The first-order chi connectivity index (χ1) is 14.1. The van der Waals surface area contributed by atoms with Gasteiger partial charge in [0.1, 0.15) is 12.1 Å². The van der Waals surface area contributed by atoms with Gasteiger partial charge in [-0.05, 0) is 50.2 Å². The van der Waals surface area contributed by atoms with Gasteiger partial charge in [-0.15, -0.1) is 0 Å². The highest BCUT2D eigenvalue weighted by molar-refractivity contribution is 6.08. The zero-order chi connectivity index (χ0) is 22.3. The van der Waals surface area contributed by atoms with Crippen molar-refractivity contribution in [2.24, 2.45) is 5.92 Å². The second-order valence-corrected chi connectivity index (χ2v) is 8.27. The molecule has 1 saturated heterocycles. The van der Waals surface area contributed by atoms with E-state index in [2.05, 4.69) is 10.6 Å². The van der Waals surface area contributed by atoms with Crippen LogP contribution in [0.25, 0.3) is 0 Å². The lowest BCUT2D eigenvalue weighted by Crippen LogP contribution is -2.44. The number of ether oxygens (including phenoxy) is 1. The Labute approximate surface area is 177 Å². The van der Waals surface area contributed by atoms with Crippen molar-refractivity contribution >= 4 is 23.8 Å². The number of carbonyl (C=O) groups excluding carboxylic acids is 4. The molecule has 0 saturated carbocycles. The molecule has 0 aromatic heterocycles. The van der Waals surface area contributed by atoms with Crippen molar-refractivity contribution in [1.29, 1.82) is 0 Å². The average molecular weight is 418 g/mol. The molecule has 1 atom stereocenters. The molecule has 2 rings (SSSR count). The third-order valence-electron chi connectivity index (χ3n) is 5.20. The standard InChI is InChI=1S/C22H31N3O5/c1-15(2)9-11-22(4)20(28)25(21(29)24-22)13-19(27)30-14-18(26)23-12-10-17-8-6-5-7-16(17)3/h5-8,15H,9-14H2,1-4H3,(H,23,26)(H,24,29)/t22-/m1/s1. The molecule has 1 heterocycles. The van der Waals surface area contributed by atoms with Crippen LogP contribution in [0.15, 0.2) is 24.3 Å². The van der Waals surface area contributed by atoms with Crippen molar-refractivity contribution in [3.05, 3.63) is 35.4 Å². The third kappa shape index (κ3) is 6.30. The van der Waals surface area contributed by atoms with E-state index in [0.29, 0.717) is 25.3 Å². The van der Waals surface area contributed by atoms with E-state index in [0.717, 1.165) is 22.4 Å². The molecular formula is C22H31N3O5. The summed E-state index contributed by atoms with van der Waals surface area (Å²) in [6.45, 7) is 7.17. The van der Waals surface area contributed by atoms with Crippen LogP contribution in [-0.4, -0.2) is 54.0 Å². The topological polar surface area (TPSA) is 105 Å². The molecule has 30 heavy (non-hydrogen) atoms. The highest BCUT2D eigenvalue weighted by Gasteiger charge is 2.48. The summed E-state index contributed by atoms with van der Waals surface area (Å²) < 4.78 is 4.93. The SMILES string of the molecule is Cc1ccccc1CCNC(=O)COC(=O)CN1C(=O)N[C@](C)(CCC(C)C)C1=O. The first-order valence-electron chi connectivity index (χ1n) is 10.2. The van der Waals surface area contributed by atoms with Crippen molar-refractivity contribution in [2.45, 2.75) is 52.5 Å². The van der Waals surface area contributed by atoms with Crippen LogP contribution in [0.5, 0.6) is 0 Å². The number of amides is 4. The van der Waals surface area contributed by atoms with Crippen molar-refractivity contribution in [2.75, 3.05) is 19.7 Å². The molecule has 1 aromatic rings. The number of hydrogen-bond donors (Lipinski definition) is 2. The number of nitrogens with one attached hydrogen (secondary N) is 2. The largest absolute Gasteiger partial charge is 0.454 e. The molecule has 0 radical (unpaired) electrons. The fourth-order valence-corrected chi connectivity index (χ4v) is 3.24. The van der Waals surface area contributed by atoms with Crippen molar-refractivity contribution in [3.63, 3.8) is 0 Å². The smallest absolute Gasteiger partial charge is 0.326 e. The fourth-order valence-electron chi connectivity index (χ4n) is 3.24. The van der Waals surface area contributed by atoms with E-state index in [9.17, 15) is 19.2 Å². The minimum absolute atomic E-state index is 0.384. The van der Waals surface area contributed by atoms with E-state index in [4.69, 9.17) is 4.74 Å². The van der Waals surface area contributed by atoms with Crippen LogP contribution < -0.4 is 10.6 Å². The minimum atomic E-state index is -1.02. The second-order valence-electron chi connectivity index (χ2n) is 8.27. The minimum Gasteiger partial charge on any atom is -0.454 e. The van der Waals surface area contributed by atoms with E-state index in [1.54, 1.807) is 6.92 Å². The summed E-state index contributed by atoms with van der Waals surface area (Å²) in [6.07, 6.45) is 1.93. The number of aryl methyl sites for hydroxylation is 1. The molecule has 0 spiro atoms. The normalized spacial score (nSPS) is 18.5. The van der Waals surface area contributed by atoms with E-state index in [1.807, 2.05) is 45.0 Å². The van der Waals surface area contributed by atoms with Gasteiger partial charge in [0.2, 0.25) is 0 Å². The van der Waals surface area contributed by atoms with E-state index in [-0.39, 0.29) is 0 Å². The van der Waals surface area contributed by atoms with Crippen molar-refractivity contribution in [3.8, 4) is 0 Å². The highest BCUT2D eigenvalue weighted by Crippen LogP contribution is 2.24. The number of benzene rings is 1. The van der Waals surface area contributed by atoms with Crippen LogP contribution in [0, 0.1) is 12.8 Å². The van der Waals surface area contributed by atoms with Crippen molar-refractivity contribution in [1.82, 2.24) is 15.5 Å². The lowest BCUT2D eigenvalue weighted by atomic mass is 9.92. The predicted octanol–water partition coefficient (Wildman–Crippen LogP) is 1.94. The molecule has 1 aromatic carbocycles. The van der Waals surface area contributed by atoms with Crippen LogP contribution in [0.4, 0.5) is 4.79 Å². The van der Waals surface area contributed by atoms with Crippen molar-refractivity contribution < 1.29 is 23.9 Å². The molecule has 1 fully saturated rings. The Balaban J connectivity index is 1.74. The molecular weight excluding hydrogens is 386 g/mol. The Bertz CT molecular complexity index is 808. The summed E-state index contributed by atoms with van der Waals surface area (Å²) in [4.78, 5) is 49.5. The van der Waals surface area contributed by atoms with Gasteiger partial charge in [0.05, 0.1) is 0 Å². The molecule has 164 valence electrons. The van der Waals surface area contributed by atoms with Gasteiger partial charge in [0, 0.05) is 6.54 Å². The summed E-state index contributed by atoms with van der Waals surface area (Å²) >= 11 is 0. The van der Waals surface area contributed by atoms with E-state index >= 15 is 0 Å². The number of urea groups is 1. The maximum atomic E-state index is 12.6. The van der Waals surface area contributed by atoms with Crippen LogP contribution in [0.1, 0.15) is 44.7 Å². The maximum absolute atomic E-state index is 12.6. The second kappa shape index (κ2) is 10.2. The molecule has 0 aliphatic carbocycles. The molecule has 8 heteroatoms. The van der Waals surface area contributed by atoms with Gasteiger partial charge < -0.3 is 15.4 Å². The quantitative estimate of drug-likeness (QED) is 0.447. The Morgan fingerprint density at radius 2 is 1.93 bits per heavy atom. The Morgan fingerprint density at radius 1 is 1.23 bits per heavy atom. The number of rotatable bonds is 10. The van der Waals surface area contributed by atoms with Gasteiger partial charge >= 0.3 is 12.0 Å². The van der Waals surface area contributed by atoms with Gasteiger partial charge in [-0.1, -0.05) is 38.1 Å². The molecule has 1 aliphatic rings. The van der Waals surface area contributed by atoms with Crippen LogP contribution in [0.3, 0.4) is 0 Å². The lowest BCUT2D eigenvalue weighted by Gasteiger charge is -2.22. The van der Waals surface area contributed by atoms with E-state index < -0.39 is 42.5 Å². The molecule has 2 N–H and O–H groups in total. The average Bonchev–Trinajstić information content (AvgIpc) is 2.90. The Morgan fingerprint density at radius 3 is 2.60 bits per heavy atom. The van der Waals surface area contributed by atoms with Crippen LogP contribution >= 0.6 is 0 Å². The van der Waals surface area contributed by atoms with Crippen LogP contribution in [-0.2, 0) is 25.5 Å². The van der Waals surface area contributed by atoms with Gasteiger partial charge in [-0.3, -0.25) is 19.3 Å². The first-order valence-corrected chi connectivity index (χ1v) is 10.2. The monoisotopic (exact) mass is 417 g/mol. The van der Waals surface area contributed by atoms with Gasteiger partial charge in [-0.2, -0.15) is 0 Å². The molecule has 0 bridgehead atoms. The zero-order valence-electron chi connectivity index (χ0n) is 18.1. The number of esters is 1. The summed E-state index contributed by atoms with van der Waals surface area (Å²) in [7, 11) is 0. The molecule has 1 aliphatic heterocycles. The van der Waals surface area contributed by atoms with Gasteiger partial charge in [0.25, 0.3) is 11.8 Å². The number of carbonyl (C=O) groups is 4. The highest BCUT2D eigenvalue weighted by atomic mass is 16.5. The summed E-state index contributed by atoms with van der Waals surface area (Å²) in [5.74, 6) is -1.31. The summed E-state index contributed by atoms with van der Waals surface area (Å²) in [6, 6.07) is 7.27. The maximum Gasteiger partial charge on any atom is 0.326 e. The van der Waals surface area contributed by atoms with Crippen LogP contribution in [0.2, 0.25) is 0 Å². The number of hydrogen-bond acceptors (Lipinski definition) is 5. The first kappa shape index (κ1) is 23.4. The van der Waals surface area contributed by atoms with E-state index in [1.165, 1.54) is 0 Å². The third-order valence-corrected chi connectivity index (χ3v) is 5.20. The number of imide groups is 1. The summed E-state index contributed by atoms with van der Waals surface area (Å²) in [5, 5.41) is 5.34. The molecule has 4 amide bonds. The lowest BCUT2D eigenvalue weighted by molar-refractivity contribution is -0.151. The molecule has 8 nitrogen and oxygen atoms in total. The Kier molecular flexibility index (Phi) is 7.97. The van der Waals surface area contributed by atoms with Gasteiger partial charge in [0.15, 0.2) is 6.61 Å². The predicted molar refractivity (Wildman–Crippen MR) is 112 cm³/mol. The van der Waals surface area contributed by atoms with Gasteiger partial charge in [-0.25, -0.2) is 4.79 Å².